The van der Waals surface area contributed by atoms with Crippen molar-refractivity contribution in [2.75, 3.05) is 23.3 Å². The Morgan fingerprint density at radius 2 is 1.97 bits per heavy atom. The number of amides is 1. The van der Waals surface area contributed by atoms with Crippen LogP contribution in [0, 0.1) is 6.92 Å². The average molecular weight is 392 g/mol. The number of aliphatic hydroxyl groups is 1. The van der Waals surface area contributed by atoms with Crippen molar-refractivity contribution in [3.05, 3.63) is 63.7 Å². The van der Waals surface area contributed by atoms with Crippen LogP contribution in [0.2, 0.25) is 0 Å². The van der Waals surface area contributed by atoms with Gasteiger partial charge in [-0.1, -0.05) is 0 Å². The van der Waals surface area contributed by atoms with E-state index in [1.807, 2.05) is 19.1 Å². The third-order valence-corrected chi connectivity index (χ3v) is 5.29. The molecule has 1 aliphatic rings. The molecule has 7 nitrogen and oxygen atoms in total. The number of hydrogen-bond donors (Lipinski definition) is 3. The van der Waals surface area contributed by atoms with Crippen LogP contribution in [-0.4, -0.2) is 34.1 Å². The number of aliphatic hydroxyl groups excluding tert-OH is 1. The van der Waals surface area contributed by atoms with E-state index in [4.69, 9.17) is 0 Å². The summed E-state index contributed by atoms with van der Waals surface area (Å²) >= 11 is 0. The second-order valence-corrected chi connectivity index (χ2v) is 7.51. The van der Waals surface area contributed by atoms with E-state index in [0.717, 1.165) is 48.1 Å². The number of anilines is 2. The number of pyridine rings is 2. The minimum atomic E-state index is -0.755. The lowest BCUT2D eigenvalue weighted by atomic mass is 10.1. The maximum Gasteiger partial charge on any atom is 0.276 e. The molecule has 4 rings (SSSR count). The molecule has 0 spiro atoms. The van der Waals surface area contributed by atoms with Crippen molar-refractivity contribution in [2.24, 2.45) is 0 Å². The SMILES string of the molecule is Cc1cc(=O)[nH]c2ccc(NC(=O)c3nc(C(C)O)ccc3N3CCCC3)cc12. The quantitative estimate of drug-likeness (QED) is 0.634. The van der Waals surface area contributed by atoms with Gasteiger partial charge in [0.25, 0.3) is 5.91 Å². The summed E-state index contributed by atoms with van der Waals surface area (Å²) in [4.78, 5) is 34.1. The molecule has 0 saturated carbocycles. The first kappa shape index (κ1) is 19.1. The molecule has 1 aliphatic heterocycles. The second kappa shape index (κ2) is 7.67. The predicted molar refractivity (Wildman–Crippen MR) is 114 cm³/mol. The Bertz CT molecular complexity index is 1130. The first-order chi connectivity index (χ1) is 13.9. The van der Waals surface area contributed by atoms with Crippen LogP contribution in [0.25, 0.3) is 10.9 Å². The molecule has 0 radical (unpaired) electrons. The van der Waals surface area contributed by atoms with Gasteiger partial charge in [-0.3, -0.25) is 9.59 Å². The van der Waals surface area contributed by atoms with E-state index >= 15 is 0 Å². The van der Waals surface area contributed by atoms with Gasteiger partial charge in [0.2, 0.25) is 5.56 Å². The lowest BCUT2D eigenvalue weighted by Crippen LogP contribution is -2.24. The highest BCUT2D eigenvalue weighted by atomic mass is 16.3. The standard InChI is InChI=1S/C22H24N4O3/c1-13-11-20(28)24-18-6-5-15(12-16(13)18)23-22(29)21-19(26-9-3-4-10-26)8-7-17(25-21)14(2)27/h5-8,11-12,14,27H,3-4,9-10H2,1-2H3,(H,23,29)(H,24,28). The zero-order valence-corrected chi connectivity index (χ0v) is 16.5. The zero-order valence-electron chi connectivity index (χ0n) is 16.5. The van der Waals surface area contributed by atoms with E-state index < -0.39 is 6.10 Å². The van der Waals surface area contributed by atoms with Gasteiger partial charge in [0.15, 0.2) is 5.69 Å². The molecule has 0 aliphatic carbocycles. The third-order valence-electron chi connectivity index (χ3n) is 5.29. The lowest BCUT2D eigenvalue weighted by Gasteiger charge is -2.21. The topological polar surface area (TPSA) is 98.3 Å². The number of fused-ring (bicyclic) bond motifs is 1. The highest BCUT2D eigenvalue weighted by Gasteiger charge is 2.22. The number of carbonyl (C=O) groups is 1. The van der Waals surface area contributed by atoms with Crippen LogP contribution in [0.4, 0.5) is 11.4 Å². The summed E-state index contributed by atoms with van der Waals surface area (Å²) in [6.45, 7) is 5.27. The fourth-order valence-electron chi connectivity index (χ4n) is 3.77. The molecule has 2 aromatic heterocycles. The van der Waals surface area contributed by atoms with Crippen molar-refractivity contribution in [3.63, 3.8) is 0 Å². The number of benzene rings is 1. The summed E-state index contributed by atoms with van der Waals surface area (Å²) < 4.78 is 0. The van der Waals surface area contributed by atoms with E-state index in [1.54, 1.807) is 25.1 Å². The Morgan fingerprint density at radius 1 is 1.21 bits per heavy atom. The summed E-state index contributed by atoms with van der Waals surface area (Å²) in [6, 6.07) is 10.5. The fourth-order valence-corrected chi connectivity index (χ4v) is 3.77. The Labute approximate surface area is 168 Å². The van der Waals surface area contributed by atoms with Crippen LogP contribution in [0.1, 0.15) is 47.6 Å². The van der Waals surface area contributed by atoms with Gasteiger partial charge in [-0.2, -0.15) is 0 Å². The molecule has 1 saturated heterocycles. The Morgan fingerprint density at radius 3 is 2.69 bits per heavy atom. The van der Waals surface area contributed by atoms with Crippen molar-refractivity contribution >= 4 is 28.2 Å². The molecule has 1 fully saturated rings. The summed E-state index contributed by atoms with van der Waals surface area (Å²) in [5, 5.41) is 13.7. The number of rotatable bonds is 4. The average Bonchev–Trinajstić information content (AvgIpc) is 3.22. The highest BCUT2D eigenvalue weighted by Crippen LogP contribution is 2.27. The molecule has 1 atom stereocenters. The third kappa shape index (κ3) is 3.86. The molecular weight excluding hydrogens is 368 g/mol. The van der Waals surface area contributed by atoms with Gasteiger partial charge >= 0.3 is 0 Å². The fraction of sp³-hybridized carbons (Fsp3) is 0.318. The zero-order chi connectivity index (χ0) is 20.5. The van der Waals surface area contributed by atoms with Crippen LogP contribution >= 0.6 is 0 Å². The lowest BCUT2D eigenvalue weighted by molar-refractivity contribution is 0.102. The molecular formula is C22H24N4O3. The molecule has 3 heterocycles. The van der Waals surface area contributed by atoms with Gasteiger partial charge < -0.3 is 20.3 Å². The molecule has 7 heteroatoms. The minimum Gasteiger partial charge on any atom is -0.387 e. The van der Waals surface area contributed by atoms with Crippen molar-refractivity contribution < 1.29 is 9.90 Å². The molecule has 1 unspecified atom stereocenters. The van der Waals surface area contributed by atoms with Crippen molar-refractivity contribution in [3.8, 4) is 0 Å². The number of H-pyrrole nitrogens is 1. The smallest absolute Gasteiger partial charge is 0.276 e. The number of aromatic amines is 1. The highest BCUT2D eigenvalue weighted by molar-refractivity contribution is 6.07. The summed E-state index contributed by atoms with van der Waals surface area (Å²) in [5.74, 6) is -0.323. The van der Waals surface area contributed by atoms with Crippen LogP contribution in [0.5, 0.6) is 0 Å². The Hall–Kier alpha value is -3.19. The molecule has 0 bridgehead atoms. The molecule has 1 aromatic carbocycles. The Balaban J connectivity index is 1.69. The first-order valence-electron chi connectivity index (χ1n) is 9.81. The number of nitrogens with zero attached hydrogens (tertiary/aromatic N) is 2. The normalized spacial score (nSPS) is 14.9. The van der Waals surface area contributed by atoms with E-state index in [1.165, 1.54) is 6.07 Å². The van der Waals surface area contributed by atoms with Gasteiger partial charge in [-0.25, -0.2) is 4.98 Å². The van der Waals surface area contributed by atoms with Crippen LogP contribution < -0.4 is 15.8 Å². The number of aromatic nitrogens is 2. The van der Waals surface area contributed by atoms with Crippen LogP contribution in [0.15, 0.2) is 41.2 Å². The van der Waals surface area contributed by atoms with E-state index in [-0.39, 0.29) is 11.5 Å². The van der Waals surface area contributed by atoms with Gasteiger partial charge in [-0.15, -0.1) is 0 Å². The molecule has 3 N–H and O–H groups in total. The first-order valence-corrected chi connectivity index (χ1v) is 9.81. The van der Waals surface area contributed by atoms with Crippen LogP contribution in [0.3, 0.4) is 0 Å². The number of aryl methyl sites for hydroxylation is 1. The van der Waals surface area contributed by atoms with Crippen molar-refractivity contribution in [2.45, 2.75) is 32.8 Å². The van der Waals surface area contributed by atoms with Crippen molar-refractivity contribution in [1.29, 1.82) is 0 Å². The monoisotopic (exact) mass is 392 g/mol. The number of carbonyl (C=O) groups excluding carboxylic acids is 1. The van der Waals surface area contributed by atoms with E-state index in [2.05, 4.69) is 20.2 Å². The van der Waals surface area contributed by atoms with Gasteiger partial charge in [0, 0.05) is 35.7 Å². The minimum absolute atomic E-state index is 0.152. The second-order valence-electron chi connectivity index (χ2n) is 7.51. The predicted octanol–water partition coefficient (Wildman–Crippen LogP) is 3.14. The summed E-state index contributed by atoms with van der Waals surface area (Å²) in [6.07, 6.45) is 1.41. The van der Waals surface area contributed by atoms with Gasteiger partial charge in [-0.05, 0) is 62.6 Å². The van der Waals surface area contributed by atoms with Crippen molar-refractivity contribution in [1.82, 2.24) is 9.97 Å². The van der Waals surface area contributed by atoms with Gasteiger partial charge in [0.05, 0.1) is 17.5 Å². The maximum atomic E-state index is 13.1. The number of nitrogens with one attached hydrogen (secondary N) is 2. The van der Waals surface area contributed by atoms with E-state index in [9.17, 15) is 14.7 Å². The molecule has 3 aromatic rings. The molecule has 29 heavy (non-hydrogen) atoms. The van der Waals surface area contributed by atoms with Gasteiger partial charge in [0.1, 0.15) is 0 Å². The summed E-state index contributed by atoms with van der Waals surface area (Å²) in [7, 11) is 0. The van der Waals surface area contributed by atoms with E-state index in [0.29, 0.717) is 17.1 Å². The summed E-state index contributed by atoms with van der Waals surface area (Å²) in [5.41, 5.74) is 3.58. The largest absolute Gasteiger partial charge is 0.387 e. The number of hydrogen-bond acceptors (Lipinski definition) is 5. The molecule has 150 valence electrons. The Kier molecular flexibility index (Phi) is 5.07. The molecule has 1 amide bonds. The van der Waals surface area contributed by atoms with Crippen LogP contribution in [-0.2, 0) is 0 Å². The maximum absolute atomic E-state index is 13.1.